The lowest BCUT2D eigenvalue weighted by Gasteiger charge is -2.24. The molecule has 0 saturated carbocycles. The first-order chi connectivity index (χ1) is 9.15. The third-order valence-electron chi connectivity index (χ3n) is 3.03. The van der Waals surface area contributed by atoms with E-state index in [0.717, 1.165) is 11.4 Å². The van der Waals surface area contributed by atoms with Gasteiger partial charge in [0.15, 0.2) is 0 Å². The van der Waals surface area contributed by atoms with Gasteiger partial charge < -0.3 is 4.90 Å². The summed E-state index contributed by atoms with van der Waals surface area (Å²) < 4.78 is 13.2. The number of aryl methyl sites for hydroxylation is 1. The molecule has 0 aliphatic carbocycles. The van der Waals surface area contributed by atoms with Crippen LogP contribution in [-0.2, 0) is 0 Å². The van der Waals surface area contributed by atoms with Crippen molar-refractivity contribution in [3.63, 3.8) is 0 Å². The lowest BCUT2D eigenvalue weighted by Crippen LogP contribution is -2.17. The highest BCUT2D eigenvalue weighted by Crippen LogP contribution is 2.28. The molecular formula is C16H15FN2. The molecule has 0 amide bonds. The number of benzene rings is 2. The monoisotopic (exact) mass is 254 g/mol. The lowest BCUT2D eigenvalue weighted by molar-refractivity contribution is 0.627. The Morgan fingerprint density at radius 3 is 2.42 bits per heavy atom. The van der Waals surface area contributed by atoms with Gasteiger partial charge in [0.2, 0.25) is 0 Å². The quantitative estimate of drug-likeness (QED) is 0.822. The van der Waals surface area contributed by atoms with Crippen LogP contribution in [0.2, 0.25) is 0 Å². The van der Waals surface area contributed by atoms with Gasteiger partial charge in [-0.05, 0) is 44.2 Å². The molecule has 2 rings (SSSR count). The summed E-state index contributed by atoms with van der Waals surface area (Å²) in [5.74, 6) is -0.389. The van der Waals surface area contributed by atoms with Gasteiger partial charge in [0.25, 0.3) is 0 Å². The smallest absolute Gasteiger partial charge is 0.124 e. The van der Waals surface area contributed by atoms with Gasteiger partial charge in [-0.3, -0.25) is 0 Å². The average Bonchev–Trinajstić information content (AvgIpc) is 2.43. The molecule has 2 aromatic carbocycles. The van der Waals surface area contributed by atoms with Crippen LogP contribution in [0, 0.1) is 24.1 Å². The molecule has 2 nitrogen and oxygen atoms in total. The fourth-order valence-electron chi connectivity index (χ4n) is 2.05. The summed E-state index contributed by atoms with van der Waals surface area (Å²) in [5, 5.41) is 9.13. The molecule has 0 aliphatic rings. The van der Waals surface area contributed by atoms with Crippen LogP contribution in [0.5, 0.6) is 0 Å². The first-order valence-electron chi connectivity index (χ1n) is 6.19. The van der Waals surface area contributed by atoms with Crippen molar-refractivity contribution in [1.82, 2.24) is 0 Å². The van der Waals surface area contributed by atoms with Crippen LogP contribution in [0.3, 0.4) is 0 Å². The van der Waals surface area contributed by atoms with E-state index in [-0.39, 0.29) is 5.82 Å². The SMILES string of the molecule is CCN(c1ccc(C)cc1)c1ccc(F)cc1C#N. The molecule has 0 saturated heterocycles. The Morgan fingerprint density at radius 1 is 1.16 bits per heavy atom. The van der Waals surface area contributed by atoms with Crippen LogP contribution >= 0.6 is 0 Å². The summed E-state index contributed by atoms with van der Waals surface area (Å²) in [4.78, 5) is 2.00. The largest absolute Gasteiger partial charge is 0.341 e. The van der Waals surface area contributed by atoms with Gasteiger partial charge in [-0.1, -0.05) is 17.7 Å². The zero-order chi connectivity index (χ0) is 13.8. The Hall–Kier alpha value is -2.34. The maximum atomic E-state index is 13.2. The van der Waals surface area contributed by atoms with Crippen molar-refractivity contribution >= 4 is 11.4 Å². The molecule has 0 unspecified atom stereocenters. The Morgan fingerprint density at radius 2 is 1.84 bits per heavy atom. The van der Waals surface area contributed by atoms with Crippen molar-refractivity contribution in [3.05, 3.63) is 59.4 Å². The summed E-state index contributed by atoms with van der Waals surface area (Å²) in [7, 11) is 0. The van der Waals surface area contributed by atoms with E-state index in [9.17, 15) is 4.39 Å². The summed E-state index contributed by atoms with van der Waals surface area (Å²) in [5.41, 5.74) is 3.26. The molecule has 0 radical (unpaired) electrons. The van der Waals surface area contributed by atoms with Crippen LogP contribution in [-0.4, -0.2) is 6.54 Å². The Labute approximate surface area is 112 Å². The van der Waals surface area contributed by atoms with Crippen molar-refractivity contribution in [2.75, 3.05) is 11.4 Å². The van der Waals surface area contributed by atoms with E-state index >= 15 is 0 Å². The van der Waals surface area contributed by atoms with Gasteiger partial charge in [0, 0.05) is 12.2 Å². The summed E-state index contributed by atoms with van der Waals surface area (Å²) >= 11 is 0. The Bertz CT molecular complexity index is 612. The molecule has 0 atom stereocenters. The molecular weight excluding hydrogens is 239 g/mol. The van der Waals surface area contributed by atoms with E-state index in [1.165, 1.54) is 17.7 Å². The minimum absolute atomic E-state index is 0.349. The van der Waals surface area contributed by atoms with E-state index < -0.39 is 0 Å². The third kappa shape index (κ3) is 2.74. The summed E-state index contributed by atoms with van der Waals surface area (Å²) in [6.07, 6.45) is 0. The first kappa shape index (κ1) is 13.1. The van der Waals surface area contributed by atoms with Gasteiger partial charge in [0.1, 0.15) is 11.9 Å². The highest BCUT2D eigenvalue weighted by Gasteiger charge is 2.12. The molecule has 0 N–H and O–H groups in total. The lowest BCUT2D eigenvalue weighted by atomic mass is 10.1. The van der Waals surface area contributed by atoms with Gasteiger partial charge in [0.05, 0.1) is 11.3 Å². The number of halogens is 1. The van der Waals surface area contributed by atoms with Crippen LogP contribution < -0.4 is 4.90 Å². The zero-order valence-corrected chi connectivity index (χ0v) is 11.0. The molecule has 0 spiro atoms. The minimum Gasteiger partial charge on any atom is -0.341 e. The number of nitrogens with zero attached hydrogens (tertiary/aromatic N) is 2. The van der Waals surface area contributed by atoms with Gasteiger partial charge in [-0.2, -0.15) is 5.26 Å². The number of hydrogen-bond acceptors (Lipinski definition) is 2. The fourth-order valence-corrected chi connectivity index (χ4v) is 2.05. The molecule has 2 aromatic rings. The second-order valence-electron chi connectivity index (χ2n) is 4.35. The van der Waals surface area contributed by atoms with Crippen molar-refractivity contribution in [2.45, 2.75) is 13.8 Å². The molecule has 0 fully saturated rings. The van der Waals surface area contributed by atoms with Crippen molar-refractivity contribution in [1.29, 1.82) is 5.26 Å². The van der Waals surface area contributed by atoms with E-state index in [2.05, 4.69) is 6.07 Å². The molecule has 19 heavy (non-hydrogen) atoms. The topological polar surface area (TPSA) is 27.0 Å². The van der Waals surface area contributed by atoms with Crippen LogP contribution in [0.1, 0.15) is 18.1 Å². The second-order valence-corrected chi connectivity index (χ2v) is 4.35. The number of anilines is 2. The maximum Gasteiger partial charge on any atom is 0.124 e. The fraction of sp³-hybridized carbons (Fsp3) is 0.188. The van der Waals surface area contributed by atoms with Crippen molar-refractivity contribution in [2.24, 2.45) is 0 Å². The van der Waals surface area contributed by atoms with Gasteiger partial charge >= 0.3 is 0 Å². The summed E-state index contributed by atoms with van der Waals surface area (Å²) in [6.45, 7) is 4.74. The maximum absolute atomic E-state index is 13.2. The van der Waals surface area contributed by atoms with Gasteiger partial charge in [-0.15, -0.1) is 0 Å². The Kier molecular flexibility index (Phi) is 3.82. The first-order valence-corrected chi connectivity index (χ1v) is 6.19. The Balaban J connectivity index is 2.48. The predicted molar refractivity (Wildman–Crippen MR) is 75.0 cm³/mol. The van der Waals surface area contributed by atoms with E-state index in [4.69, 9.17) is 5.26 Å². The summed E-state index contributed by atoms with van der Waals surface area (Å²) in [6, 6.07) is 14.4. The van der Waals surface area contributed by atoms with Crippen LogP contribution in [0.25, 0.3) is 0 Å². The van der Waals surface area contributed by atoms with E-state index in [0.29, 0.717) is 12.1 Å². The predicted octanol–water partition coefficient (Wildman–Crippen LogP) is 4.16. The molecule has 0 heterocycles. The van der Waals surface area contributed by atoms with Crippen LogP contribution in [0.4, 0.5) is 15.8 Å². The minimum atomic E-state index is -0.389. The third-order valence-corrected chi connectivity index (χ3v) is 3.03. The molecule has 3 heteroatoms. The molecule has 0 aromatic heterocycles. The average molecular weight is 254 g/mol. The number of hydrogen-bond donors (Lipinski definition) is 0. The highest BCUT2D eigenvalue weighted by molar-refractivity contribution is 5.69. The van der Waals surface area contributed by atoms with E-state index in [1.807, 2.05) is 43.0 Å². The van der Waals surface area contributed by atoms with Crippen molar-refractivity contribution < 1.29 is 4.39 Å². The van der Waals surface area contributed by atoms with Gasteiger partial charge in [-0.25, -0.2) is 4.39 Å². The standard InChI is InChI=1S/C16H15FN2/c1-3-19(15-7-4-12(2)5-8-15)16-9-6-14(17)10-13(16)11-18/h4-10H,3H2,1-2H3. The van der Waals surface area contributed by atoms with Crippen LogP contribution in [0.15, 0.2) is 42.5 Å². The normalized spacial score (nSPS) is 10.0. The zero-order valence-electron chi connectivity index (χ0n) is 11.0. The molecule has 96 valence electrons. The molecule has 0 aliphatic heterocycles. The highest BCUT2D eigenvalue weighted by atomic mass is 19.1. The second kappa shape index (κ2) is 5.53. The number of rotatable bonds is 3. The van der Waals surface area contributed by atoms with E-state index in [1.54, 1.807) is 6.07 Å². The van der Waals surface area contributed by atoms with Crippen molar-refractivity contribution in [3.8, 4) is 6.07 Å². The molecule has 0 bridgehead atoms. The number of nitriles is 1.